The molecule has 0 fully saturated rings. The van der Waals surface area contributed by atoms with E-state index in [0.29, 0.717) is 17.7 Å². The molecule has 1 aromatic carbocycles. The third-order valence-corrected chi connectivity index (χ3v) is 1.90. The van der Waals surface area contributed by atoms with E-state index in [1.807, 2.05) is 19.0 Å². The van der Waals surface area contributed by atoms with Gasteiger partial charge in [0.25, 0.3) is 0 Å². The first-order chi connectivity index (χ1) is 6.00. The predicted octanol–water partition coefficient (Wildman–Crippen LogP) is 2.33. The summed E-state index contributed by atoms with van der Waals surface area (Å²) in [5.41, 5.74) is 1.22. The maximum atomic E-state index is 13.0. The van der Waals surface area contributed by atoms with Gasteiger partial charge in [0.1, 0.15) is 11.6 Å². The van der Waals surface area contributed by atoms with Crippen molar-refractivity contribution in [1.82, 2.24) is 4.90 Å². The minimum Gasteiger partial charge on any atom is -0.305 e. The van der Waals surface area contributed by atoms with Crippen molar-refractivity contribution < 1.29 is 8.78 Å². The Morgan fingerprint density at radius 2 is 1.85 bits per heavy atom. The fourth-order valence-corrected chi connectivity index (χ4v) is 1.20. The molecule has 1 aromatic rings. The van der Waals surface area contributed by atoms with Crippen molar-refractivity contribution in [3.63, 3.8) is 0 Å². The number of nitrogens with zero attached hydrogens (tertiary/aromatic N) is 1. The first kappa shape index (κ1) is 10.1. The van der Waals surface area contributed by atoms with Crippen molar-refractivity contribution in [2.24, 2.45) is 0 Å². The summed E-state index contributed by atoms with van der Waals surface area (Å²) in [6, 6.07) is 2.28. The van der Waals surface area contributed by atoms with Crippen LogP contribution in [0.3, 0.4) is 0 Å². The quantitative estimate of drug-likeness (QED) is 0.683. The fraction of sp³-hybridized carbons (Fsp3) is 0.400. The summed E-state index contributed by atoms with van der Waals surface area (Å²) >= 11 is 0. The molecule has 0 saturated heterocycles. The lowest BCUT2D eigenvalue weighted by Gasteiger charge is -2.12. The highest BCUT2D eigenvalue weighted by molar-refractivity contribution is 5.28. The highest BCUT2D eigenvalue weighted by Gasteiger charge is 2.07. The highest BCUT2D eigenvalue weighted by Crippen LogP contribution is 2.15. The highest BCUT2D eigenvalue weighted by atomic mass is 19.1. The molecule has 0 heterocycles. The van der Waals surface area contributed by atoms with Crippen molar-refractivity contribution >= 4 is 0 Å². The van der Waals surface area contributed by atoms with Crippen LogP contribution in [-0.2, 0) is 6.54 Å². The smallest absolute Gasteiger partial charge is 0.129 e. The third-order valence-electron chi connectivity index (χ3n) is 1.90. The van der Waals surface area contributed by atoms with Crippen LogP contribution in [0.5, 0.6) is 0 Å². The van der Waals surface area contributed by atoms with Crippen molar-refractivity contribution in [2.45, 2.75) is 13.5 Å². The Morgan fingerprint density at radius 1 is 1.23 bits per heavy atom. The number of hydrogen-bond acceptors (Lipinski definition) is 1. The van der Waals surface area contributed by atoms with Gasteiger partial charge in [-0.15, -0.1) is 0 Å². The molecule has 13 heavy (non-hydrogen) atoms. The van der Waals surface area contributed by atoms with Crippen molar-refractivity contribution in [3.05, 3.63) is 34.9 Å². The number of halogens is 2. The van der Waals surface area contributed by atoms with Crippen molar-refractivity contribution in [1.29, 1.82) is 0 Å². The molecule has 0 aliphatic carbocycles. The number of benzene rings is 1. The average molecular weight is 185 g/mol. The number of hydrogen-bond donors (Lipinski definition) is 0. The molecular weight excluding hydrogens is 172 g/mol. The topological polar surface area (TPSA) is 3.24 Å². The normalized spacial score (nSPS) is 10.9. The lowest BCUT2D eigenvalue weighted by Crippen LogP contribution is -2.12. The summed E-state index contributed by atoms with van der Waals surface area (Å²) in [5, 5.41) is 0. The van der Waals surface area contributed by atoms with Crippen LogP contribution in [0.25, 0.3) is 0 Å². The zero-order chi connectivity index (χ0) is 10.0. The molecule has 0 N–H and O–H groups in total. The minimum atomic E-state index is -0.514. The SMILES string of the molecule is Cc1c(F)cc(F)cc1CN(C)C. The van der Waals surface area contributed by atoms with Crippen molar-refractivity contribution in [3.8, 4) is 0 Å². The summed E-state index contributed by atoms with van der Waals surface area (Å²) in [5.74, 6) is -0.989. The molecule has 0 unspecified atom stereocenters. The zero-order valence-corrected chi connectivity index (χ0v) is 8.06. The second-order valence-electron chi connectivity index (χ2n) is 3.41. The van der Waals surface area contributed by atoms with E-state index in [1.54, 1.807) is 6.92 Å². The van der Waals surface area contributed by atoms with Gasteiger partial charge in [-0.2, -0.15) is 0 Å². The molecule has 0 bridgehead atoms. The summed E-state index contributed by atoms with van der Waals surface area (Å²) in [4.78, 5) is 1.88. The average Bonchev–Trinajstić information content (AvgIpc) is 1.98. The van der Waals surface area contributed by atoms with E-state index in [2.05, 4.69) is 0 Å². The minimum absolute atomic E-state index is 0.475. The molecule has 0 radical (unpaired) electrons. The Hall–Kier alpha value is -0.960. The Balaban J connectivity index is 3.05. The molecule has 0 spiro atoms. The van der Waals surface area contributed by atoms with Gasteiger partial charge < -0.3 is 4.90 Å². The first-order valence-electron chi connectivity index (χ1n) is 4.10. The van der Waals surface area contributed by atoms with E-state index in [-0.39, 0.29) is 0 Å². The maximum absolute atomic E-state index is 13.0. The second-order valence-corrected chi connectivity index (χ2v) is 3.41. The van der Waals surface area contributed by atoms with E-state index in [1.165, 1.54) is 6.07 Å². The van der Waals surface area contributed by atoms with Gasteiger partial charge in [0, 0.05) is 12.6 Å². The zero-order valence-electron chi connectivity index (χ0n) is 8.06. The Bertz CT molecular complexity index is 308. The molecule has 3 heteroatoms. The van der Waals surface area contributed by atoms with Gasteiger partial charge in [-0.25, -0.2) is 8.78 Å². The van der Waals surface area contributed by atoms with Gasteiger partial charge in [-0.1, -0.05) is 0 Å². The molecule has 0 saturated carbocycles. The molecule has 0 atom stereocenters. The molecule has 0 aliphatic heterocycles. The standard InChI is InChI=1S/C10H13F2N/c1-7-8(6-13(2)3)4-9(11)5-10(7)12/h4-5H,6H2,1-3H3. The van der Waals surface area contributed by atoms with Crippen molar-refractivity contribution in [2.75, 3.05) is 14.1 Å². The fourth-order valence-electron chi connectivity index (χ4n) is 1.20. The predicted molar refractivity (Wildman–Crippen MR) is 48.5 cm³/mol. The Labute approximate surface area is 77.0 Å². The Kier molecular flexibility index (Phi) is 2.98. The number of rotatable bonds is 2. The first-order valence-corrected chi connectivity index (χ1v) is 4.10. The van der Waals surface area contributed by atoms with Gasteiger partial charge >= 0.3 is 0 Å². The monoisotopic (exact) mass is 185 g/mol. The van der Waals surface area contributed by atoms with Crippen LogP contribution >= 0.6 is 0 Å². The second kappa shape index (κ2) is 3.83. The van der Waals surface area contributed by atoms with E-state index >= 15 is 0 Å². The van der Waals surface area contributed by atoms with Gasteiger partial charge in [0.2, 0.25) is 0 Å². The summed E-state index contributed by atoms with van der Waals surface area (Å²) in [7, 11) is 3.73. The van der Waals surface area contributed by atoms with E-state index in [9.17, 15) is 8.78 Å². The molecule has 0 aromatic heterocycles. The van der Waals surface area contributed by atoms with Gasteiger partial charge in [0.05, 0.1) is 0 Å². The van der Waals surface area contributed by atoms with E-state index in [4.69, 9.17) is 0 Å². The van der Waals surface area contributed by atoms with Crippen LogP contribution in [0, 0.1) is 18.6 Å². The summed E-state index contributed by atoms with van der Waals surface area (Å²) in [6.45, 7) is 2.22. The van der Waals surface area contributed by atoms with Crippen LogP contribution < -0.4 is 0 Å². The van der Waals surface area contributed by atoms with E-state index in [0.717, 1.165) is 6.07 Å². The summed E-state index contributed by atoms with van der Waals surface area (Å²) < 4.78 is 25.8. The molecule has 1 rings (SSSR count). The third kappa shape index (κ3) is 2.49. The van der Waals surface area contributed by atoms with Gasteiger partial charge in [-0.3, -0.25) is 0 Å². The lowest BCUT2D eigenvalue weighted by molar-refractivity contribution is 0.398. The molecular formula is C10H13F2N. The Morgan fingerprint density at radius 3 is 2.38 bits per heavy atom. The van der Waals surface area contributed by atoms with Crippen LogP contribution in [0.1, 0.15) is 11.1 Å². The molecule has 0 aliphatic rings. The molecule has 0 amide bonds. The molecule has 72 valence electrons. The van der Waals surface area contributed by atoms with E-state index < -0.39 is 11.6 Å². The lowest BCUT2D eigenvalue weighted by atomic mass is 10.1. The van der Waals surface area contributed by atoms with Gasteiger partial charge in [-0.05, 0) is 38.2 Å². The van der Waals surface area contributed by atoms with Crippen LogP contribution in [0.2, 0.25) is 0 Å². The maximum Gasteiger partial charge on any atom is 0.129 e. The summed E-state index contributed by atoms with van der Waals surface area (Å²) in [6.07, 6.45) is 0. The van der Waals surface area contributed by atoms with Crippen LogP contribution in [0.15, 0.2) is 12.1 Å². The largest absolute Gasteiger partial charge is 0.305 e. The van der Waals surface area contributed by atoms with Gasteiger partial charge in [0.15, 0.2) is 0 Å². The van der Waals surface area contributed by atoms with Crippen LogP contribution in [-0.4, -0.2) is 19.0 Å². The van der Waals surface area contributed by atoms with Crippen LogP contribution in [0.4, 0.5) is 8.78 Å². The molecule has 1 nitrogen and oxygen atoms in total.